The van der Waals surface area contributed by atoms with Gasteiger partial charge in [-0.25, -0.2) is 4.98 Å². The molecule has 0 aliphatic carbocycles. The van der Waals surface area contributed by atoms with Gasteiger partial charge in [-0.15, -0.1) is 0 Å². The Balaban J connectivity index is 1.28. The lowest BCUT2D eigenvalue weighted by atomic mass is 10.2. The topological polar surface area (TPSA) is 99.2 Å². The number of aromatic nitrogens is 5. The van der Waals surface area contributed by atoms with Crippen molar-refractivity contribution in [1.82, 2.24) is 29.9 Å². The van der Waals surface area contributed by atoms with Crippen LogP contribution in [0.1, 0.15) is 28.5 Å². The Kier molecular flexibility index (Phi) is 3.52. The molecule has 9 heteroatoms. The molecule has 0 N–H and O–H groups in total. The Labute approximate surface area is 148 Å². The Morgan fingerprint density at radius 1 is 1.27 bits per heavy atom. The van der Waals surface area contributed by atoms with E-state index in [1.807, 2.05) is 17.0 Å². The lowest BCUT2D eigenvalue weighted by molar-refractivity contribution is 0.0255. The normalized spacial score (nSPS) is 21.5. The van der Waals surface area contributed by atoms with Crippen LogP contribution in [0.3, 0.4) is 0 Å². The molecule has 3 aromatic rings. The fourth-order valence-electron chi connectivity index (χ4n) is 3.43. The quantitative estimate of drug-likeness (QED) is 0.686. The summed E-state index contributed by atoms with van der Waals surface area (Å²) in [4.78, 5) is 24.6. The first-order valence-electron chi connectivity index (χ1n) is 8.45. The number of nitrogens with zero attached hydrogens (tertiary/aromatic N) is 6. The summed E-state index contributed by atoms with van der Waals surface area (Å²) in [5.41, 5.74) is 1.90. The molecule has 0 saturated carbocycles. The number of carbonyl (C=O) groups excluding carboxylic acids is 1. The van der Waals surface area contributed by atoms with E-state index in [1.165, 1.54) is 11.1 Å². The number of rotatable bonds is 4. The van der Waals surface area contributed by atoms with E-state index in [1.54, 1.807) is 18.6 Å². The Bertz CT molecular complexity index is 920. The maximum atomic E-state index is 12.6. The van der Waals surface area contributed by atoms with Crippen molar-refractivity contribution in [3.63, 3.8) is 0 Å². The van der Waals surface area contributed by atoms with E-state index in [0.717, 1.165) is 17.8 Å². The van der Waals surface area contributed by atoms with Gasteiger partial charge in [-0.1, -0.05) is 0 Å². The third-order valence-corrected chi connectivity index (χ3v) is 4.72. The van der Waals surface area contributed by atoms with Crippen molar-refractivity contribution >= 4 is 5.91 Å². The maximum Gasteiger partial charge on any atom is 0.276 e. The first kappa shape index (κ1) is 15.2. The van der Waals surface area contributed by atoms with Crippen LogP contribution in [0.4, 0.5) is 0 Å². The lowest BCUT2D eigenvalue weighted by Crippen LogP contribution is -2.41. The molecule has 5 heterocycles. The number of ether oxygens (including phenoxy) is 1. The molecule has 0 unspecified atom stereocenters. The van der Waals surface area contributed by atoms with E-state index < -0.39 is 0 Å². The molecule has 0 spiro atoms. The van der Waals surface area contributed by atoms with Crippen LogP contribution >= 0.6 is 0 Å². The van der Waals surface area contributed by atoms with Gasteiger partial charge in [-0.3, -0.25) is 9.78 Å². The molecule has 9 nitrogen and oxygen atoms in total. The molecular formula is C17H16N6O3. The monoisotopic (exact) mass is 352 g/mol. The van der Waals surface area contributed by atoms with Crippen LogP contribution in [-0.2, 0) is 11.2 Å². The average molecular weight is 352 g/mol. The van der Waals surface area contributed by atoms with Gasteiger partial charge in [0, 0.05) is 12.2 Å². The van der Waals surface area contributed by atoms with Crippen molar-refractivity contribution in [3.8, 4) is 5.69 Å². The summed E-state index contributed by atoms with van der Waals surface area (Å²) in [6.45, 7) is 1.25. The van der Waals surface area contributed by atoms with Crippen LogP contribution in [-0.4, -0.2) is 61.1 Å². The molecule has 2 atom stereocenters. The van der Waals surface area contributed by atoms with Crippen molar-refractivity contribution in [3.05, 3.63) is 54.3 Å². The van der Waals surface area contributed by atoms with Gasteiger partial charge >= 0.3 is 0 Å². The van der Waals surface area contributed by atoms with E-state index >= 15 is 0 Å². The van der Waals surface area contributed by atoms with Gasteiger partial charge in [-0.2, -0.15) is 15.0 Å². The van der Waals surface area contributed by atoms with Gasteiger partial charge in [0.05, 0.1) is 43.8 Å². The second kappa shape index (κ2) is 6.03. The van der Waals surface area contributed by atoms with Gasteiger partial charge in [0.2, 0.25) is 5.89 Å². The summed E-state index contributed by atoms with van der Waals surface area (Å²) < 4.78 is 11.0. The van der Waals surface area contributed by atoms with Crippen LogP contribution in [0.15, 0.2) is 41.4 Å². The second-order valence-electron chi connectivity index (χ2n) is 6.43. The van der Waals surface area contributed by atoms with E-state index in [-0.39, 0.29) is 18.1 Å². The van der Waals surface area contributed by atoms with Crippen LogP contribution < -0.4 is 0 Å². The standard InChI is InChI=1S/C17H16N6O3/c24-17(22-8-14-6-13(22)9-25-14)15-10-26-16(21-15)5-11-1-2-12(7-18-11)23-19-3-4-20-23/h1-4,7,10,13-14H,5-6,8-9H2/t13-,14-/m0/s1. The number of fused-ring (bicyclic) bond motifs is 2. The Hall–Kier alpha value is -3.07. The maximum absolute atomic E-state index is 12.6. The average Bonchev–Trinajstić information content (AvgIpc) is 3.45. The fourth-order valence-corrected chi connectivity index (χ4v) is 3.43. The fraction of sp³-hybridized carbons (Fsp3) is 0.353. The third kappa shape index (κ3) is 2.66. The van der Waals surface area contributed by atoms with Gasteiger partial charge in [0.1, 0.15) is 12.0 Å². The van der Waals surface area contributed by atoms with Crippen molar-refractivity contribution in [1.29, 1.82) is 0 Å². The zero-order valence-electron chi connectivity index (χ0n) is 13.9. The Morgan fingerprint density at radius 2 is 2.15 bits per heavy atom. The zero-order chi connectivity index (χ0) is 17.5. The van der Waals surface area contributed by atoms with Gasteiger partial charge in [0.15, 0.2) is 5.69 Å². The second-order valence-corrected chi connectivity index (χ2v) is 6.43. The SMILES string of the molecule is O=C(c1coc(Cc2ccc(-n3nccn3)cn2)n1)N1C[C@@H]2C[C@H]1CO2. The smallest absolute Gasteiger partial charge is 0.276 e. The summed E-state index contributed by atoms with van der Waals surface area (Å²) in [6.07, 6.45) is 7.82. The van der Waals surface area contributed by atoms with Crippen molar-refractivity contribution in [2.75, 3.05) is 13.2 Å². The first-order valence-corrected chi connectivity index (χ1v) is 8.45. The van der Waals surface area contributed by atoms with Crippen molar-refractivity contribution in [2.45, 2.75) is 25.0 Å². The number of hydrogen-bond donors (Lipinski definition) is 0. The highest BCUT2D eigenvalue weighted by molar-refractivity contribution is 5.92. The molecule has 26 heavy (non-hydrogen) atoms. The van der Waals surface area contributed by atoms with Crippen LogP contribution in [0.2, 0.25) is 0 Å². The Morgan fingerprint density at radius 3 is 2.85 bits per heavy atom. The molecule has 2 bridgehead atoms. The van der Waals surface area contributed by atoms with Crippen LogP contribution in [0.25, 0.3) is 5.69 Å². The molecule has 1 amide bonds. The summed E-state index contributed by atoms with van der Waals surface area (Å²) in [6, 6.07) is 3.90. The molecule has 5 rings (SSSR count). The minimum atomic E-state index is -0.0936. The van der Waals surface area contributed by atoms with Gasteiger partial charge in [-0.05, 0) is 18.6 Å². The molecule has 2 saturated heterocycles. The minimum Gasteiger partial charge on any atom is -0.448 e. The van der Waals surface area contributed by atoms with Gasteiger partial charge < -0.3 is 14.1 Å². The van der Waals surface area contributed by atoms with E-state index in [9.17, 15) is 4.79 Å². The lowest BCUT2D eigenvalue weighted by Gasteiger charge is -2.25. The largest absolute Gasteiger partial charge is 0.448 e. The summed E-state index contributed by atoms with van der Waals surface area (Å²) in [7, 11) is 0. The molecule has 3 aromatic heterocycles. The predicted octanol–water partition coefficient (Wildman–Crippen LogP) is 0.854. The van der Waals surface area contributed by atoms with E-state index in [2.05, 4.69) is 20.2 Å². The number of hydrogen-bond acceptors (Lipinski definition) is 7. The van der Waals surface area contributed by atoms with Crippen molar-refractivity contribution in [2.24, 2.45) is 0 Å². The predicted molar refractivity (Wildman–Crippen MR) is 87.6 cm³/mol. The molecule has 2 fully saturated rings. The van der Waals surface area contributed by atoms with Crippen LogP contribution in [0.5, 0.6) is 0 Å². The number of morpholine rings is 1. The summed E-state index contributed by atoms with van der Waals surface area (Å²) in [5.74, 6) is 0.371. The third-order valence-electron chi connectivity index (χ3n) is 4.72. The number of pyridine rings is 1. The number of likely N-dealkylation sites (tertiary alicyclic amines) is 1. The highest BCUT2D eigenvalue weighted by atomic mass is 16.5. The summed E-state index contributed by atoms with van der Waals surface area (Å²) in [5, 5.41) is 8.12. The number of amides is 1. The molecule has 0 radical (unpaired) electrons. The number of carbonyl (C=O) groups is 1. The van der Waals surface area contributed by atoms with E-state index in [4.69, 9.17) is 9.15 Å². The molecule has 0 aromatic carbocycles. The van der Waals surface area contributed by atoms with Crippen molar-refractivity contribution < 1.29 is 13.9 Å². The van der Waals surface area contributed by atoms with Crippen LogP contribution in [0, 0.1) is 0 Å². The molecule has 2 aliphatic rings. The first-order chi connectivity index (χ1) is 12.8. The molecule has 132 valence electrons. The zero-order valence-corrected chi connectivity index (χ0v) is 13.9. The minimum absolute atomic E-state index is 0.0936. The number of oxazole rings is 1. The highest BCUT2D eigenvalue weighted by Crippen LogP contribution is 2.29. The highest BCUT2D eigenvalue weighted by Gasteiger charge is 2.42. The molecule has 2 aliphatic heterocycles. The molecular weight excluding hydrogens is 336 g/mol. The van der Waals surface area contributed by atoms with Gasteiger partial charge in [0.25, 0.3) is 5.91 Å². The summed E-state index contributed by atoms with van der Waals surface area (Å²) >= 11 is 0. The van der Waals surface area contributed by atoms with E-state index in [0.29, 0.717) is 31.2 Å².